The molecule has 0 N–H and O–H groups in total. The van der Waals surface area contributed by atoms with Gasteiger partial charge in [0.25, 0.3) is 0 Å². The van der Waals surface area contributed by atoms with Gasteiger partial charge in [0.15, 0.2) is 0 Å². The molecule has 4 aromatic heterocycles. The zero-order valence-corrected chi connectivity index (χ0v) is 33.6. The molecule has 7 nitrogen and oxygen atoms in total. The maximum Gasteiger partial charge on any atom is 0.146 e. The van der Waals surface area contributed by atoms with E-state index in [1.165, 1.54) is 21.5 Å². The van der Waals surface area contributed by atoms with E-state index < -0.39 is 0 Å². The maximum atomic E-state index is 5.69. The molecule has 0 fully saturated rings. The summed E-state index contributed by atoms with van der Waals surface area (Å²) >= 11 is 0. The first-order valence-corrected chi connectivity index (χ1v) is 21.2. The Bertz CT molecular complexity index is 3820. The van der Waals surface area contributed by atoms with E-state index in [1.54, 1.807) is 0 Å². The minimum Gasteiger partial charge on any atom is -0.309 e. The lowest BCUT2D eigenvalue weighted by Gasteiger charge is -2.16. The molecule has 7 heteroatoms. The molecule has 0 saturated carbocycles. The van der Waals surface area contributed by atoms with Crippen LogP contribution in [0.15, 0.2) is 199 Å². The Labute approximate surface area is 358 Å². The third kappa shape index (κ3) is 4.78. The van der Waals surface area contributed by atoms with Crippen molar-refractivity contribution in [2.24, 2.45) is 0 Å². The largest absolute Gasteiger partial charge is 0.309 e. The Morgan fingerprint density at radius 2 is 0.571 bits per heavy atom. The van der Waals surface area contributed by atoms with Crippen LogP contribution >= 0.6 is 0 Å². The predicted molar refractivity (Wildman–Crippen MR) is 257 cm³/mol. The van der Waals surface area contributed by atoms with Crippen LogP contribution in [0.5, 0.6) is 0 Å². The van der Waals surface area contributed by atoms with E-state index in [9.17, 15) is 0 Å². The summed E-state index contributed by atoms with van der Waals surface area (Å²) in [6.07, 6.45) is 0. The van der Waals surface area contributed by atoms with Crippen LogP contribution < -0.4 is 0 Å². The Morgan fingerprint density at radius 1 is 0.270 bits per heavy atom. The number of fused-ring (bicyclic) bond motifs is 14. The van der Waals surface area contributed by atoms with Crippen molar-refractivity contribution in [3.8, 4) is 33.6 Å². The molecule has 14 rings (SSSR count). The van der Waals surface area contributed by atoms with Gasteiger partial charge in [0.05, 0.1) is 33.1 Å². The monoisotopic (exact) mass is 804 g/mol. The Morgan fingerprint density at radius 3 is 0.921 bits per heavy atom. The Kier molecular flexibility index (Phi) is 6.98. The molecular weight excluding hydrogens is 773 g/mol. The highest BCUT2D eigenvalue weighted by Crippen LogP contribution is 2.44. The molecular formula is C56H32N6O. The number of nitrogens with zero attached hydrogens (tertiary/aromatic N) is 6. The van der Waals surface area contributed by atoms with E-state index in [4.69, 9.17) is 14.6 Å². The fourth-order valence-corrected chi connectivity index (χ4v) is 10.3. The topological polar surface area (TPSA) is 74.6 Å². The van der Waals surface area contributed by atoms with Gasteiger partial charge in [0.1, 0.15) is 22.1 Å². The van der Waals surface area contributed by atoms with Crippen LogP contribution in [0.1, 0.15) is 0 Å². The zero-order chi connectivity index (χ0) is 41.2. The molecule has 0 radical (unpaired) electrons. The molecule has 0 spiro atoms. The van der Waals surface area contributed by atoms with Crippen molar-refractivity contribution in [1.29, 1.82) is 0 Å². The maximum absolute atomic E-state index is 5.69. The van der Waals surface area contributed by atoms with Crippen LogP contribution in [0.25, 0.3) is 132 Å². The SMILES string of the molecule is c1ccc2c(c1)c1ccccc1c1nc3c(-c4ccc(-n5c6ccccc6c6ccccc65)cc4)c4nonc4c(-c4ccc(-n5c6ccccc6c6ccccc65)cc4)c3nc21. The summed E-state index contributed by atoms with van der Waals surface area (Å²) < 4.78 is 10.4. The number of benzene rings is 10. The van der Waals surface area contributed by atoms with E-state index in [2.05, 4.69) is 214 Å². The smallest absolute Gasteiger partial charge is 0.146 e. The van der Waals surface area contributed by atoms with E-state index in [0.29, 0.717) is 11.0 Å². The molecule has 0 amide bonds. The first-order chi connectivity index (χ1) is 31.3. The summed E-state index contributed by atoms with van der Waals surface area (Å²) in [5, 5.41) is 18.5. The molecule has 292 valence electrons. The van der Waals surface area contributed by atoms with Crippen molar-refractivity contribution in [1.82, 2.24) is 29.4 Å². The second-order valence-electron chi connectivity index (χ2n) is 16.3. The fourth-order valence-electron chi connectivity index (χ4n) is 10.3. The predicted octanol–water partition coefficient (Wildman–Crippen LogP) is 14.2. The van der Waals surface area contributed by atoms with Crippen molar-refractivity contribution in [3.05, 3.63) is 194 Å². The number of hydrogen-bond donors (Lipinski definition) is 0. The van der Waals surface area contributed by atoms with Gasteiger partial charge in [-0.3, -0.25) is 0 Å². The molecule has 0 aliphatic carbocycles. The standard InChI is InChI=1S/C56H32N6O/c1-3-19-43-37(13-1)38-14-2-4-20-44(38)52-51(43)57-53-49(33-25-29-35(30-26-33)61-45-21-9-5-15-39(45)40-16-6-10-22-46(40)61)55-56(60-63-59-55)50(54(53)58-52)34-27-31-36(32-28-34)62-47-23-11-7-17-41(47)42-18-8-12-24-48(42)62/h1-32H. The minimum atomic E-state index is 0.632. The molecule has 0 bridgehead atoms. The van der Waals surface area contributed by atoms with Gasteiger partial charge in [0, 0.05) is 54.8 Å². The third-order valence-electron chi connectivity index (χ3n) is 13.0. The van der Waals surface area contributed by atoms with Gasteiger partial charge < -0.3 is 9.13 Å². The van der Waals surface area contributed by atoms with Gasteiger partial charge in [0.2, 0.25) is 0 Å². The van der Waals surface area contributed by atoms with Crippen molar-refractivity contribution < 1.29 is 4.63 Å². The second-order valence-corrected chi connectivity index (χ2v) is 16.3. The van der Waals surface area contributed by atoms with Gasteiger partial charge >= 0.3 is 0 Å². The van der Waals surface area contributed by atoms with E-state index in [-0.39, 0.29) is 0 Å². The molecule has 63 heavy (non-hydrogen) atoms. The summed E-state index contributed by atoms with van der Waals surface area (Å²) in [6, 6.07) is 68.6. The van der Waals surface area contributed by atoms with Crippen LogP contribution in [0.4, 0.5) is 0 Å². The summed E-state index contributed by atoms with van der Waals surface area (Å²) in [7, 11) is 0. The van der Waals surface area contributed by atoms with Crippen molar-refractivity contribution in [3.63, 3.8) is 0 Å². The van der Waals surface area contributed by atoms with Crippen molar-refractivity contribution in [2.45, 2.75) is 0 Å². The van der Waals surface area contributed by atoms with Crippen molar-refractivity contribution >= 4 is 98.3 Å². The summed E-state index contributed by atoms with van der Waals surface area (Å²) in [5.74, 6) is 0. The van der Waals surface area contributed by atoms with Crippen LogP contribution in [0.2, 0.25) is 0 Å². The molecule has 10 aromatic carbocycles. The molecule has 14 aromatic rings. The molecule has 0 unspecified atom stereocenters. The lowest BCUT2D eigenvalue weighted by atomic mass is 9.93. The first kappa shape index (κ1) is 34.1. The average molecular weight is 805 g/mol. The summed E-state index contributed by atoms with van der Waals surface area (Å²) in [6.45, 7) is 0. The molecule has 4 heterocycles. The quantitative estimate of drug-likeness (QED) is 0.131. The number of hydrogen-bond acceptors (Lipinski definition) is 5. The molecule has 0 saturated heterocycles. The highest BCUT2D eigenvalue weighted by atomic mass is 16.6. The van der Waals surface area contributed by atoms with Crippen LogP contribution in [0, 0.1) is 0 Å². The summed E-state index contributed by atoms with van der Waals surface area (Å²) in [5.41, 5.74) is 14.7. The van der Waals surface area contributed by atoms with E-state index in [0.717, 1.165) is 99.3 Å². The lowest BCUT2D eigenvalue weighted by molar-refractivity contribution is 0.315. The van der Waals surface area contributed by atoms with Crippen molar-refractivity contribution in [2.75, 3.05) is 0 Å². The summed E-state index contributed by atoms with van der Waals surface area (Å²) in [4.78, 5) is 11.3. The number of rotatable bonds is 4. The zero-order valence-electron chi connectivity index (χ0n) is 33.6. The van der Waals surface area contributed by atoms with Crippen LogP contribution in [0.3, 0.4) is 0 Å². The Balaban J connectivity index is 1.04. The van der Waals surface area contributed by atoms with Gasteiger partial charge in [-0.05, 0) is 80.7 Å². The van der Waals surface area contributed by atoms with Gasteiger partial charge in [-0.25, -0.2) is 14.6 Å². The molecule has 0 aliphatic rings. The van der Waals surface area contributed by atoms with Gasteiger partial charge in [-0.15, -0.1) is 0 Å². The van der Waals surface area contributed by atoms with Gasteiger partial charge in [-0.1, -0.05) is 146 Å². The fraction of sp³-hybridized carbons (Fsp3) is 0. The first-order valence-electron chi connectivity index (χ1n) is 21.2. The van der Waals surface area contributed by atoms with E-state index >= 15 is 0 Å². The second kappa shape index (κ2) is 12.9. The normalized spacial score (nSPS) is 12.1. The molecule has 0 atom stereocenters. The highest BCUT2D eigenvalue weighted by Gasteiger charge is 2.25. The Hall–Kier alpha value is -8.68. The number of aromatic nitrogens is 6. The van der Waals surface area contributed by atoms with Gasteiger partial charge in [-0.2, -0.15) is 0 Å². The lowest BCUT2D eigenvalue weighted by Crippen LogP contribution is -1.99. The highest BCUT2D eigenvalue weighted by molar-refractivity contribution is 6.26. The van der Waals surface area contributed by atoms with Crippen LogP contribution in [-0.4, -0.2) is 29.4 Å². The average Bonchev–Trinajstić information content (AvgIpc) is 4.06. The molecule has 0 aliphatic heterocycles. The van der Waals surface area contributed by atoms with Crippen LogP contribution in [-0.2, 0) is 0 Å². The number of para-hydroxylation sites is 4. The third-order valence-corrected chi connectivity index (χ3v) is 13.0. The minimum absolute atomic E-state index is 0.632. The van der Waals surface area contributed by atoms with E-state index in [1.807, 2.05) is 0 Å².